The highest BCUT2D eigenvalue weighted by molar-refractivity contribution is 7.89. The minimum atomic E-state index is -3.54. The SMILES string of the molecule is CCCS(=O)(=O)N1C[C@H](F)C[C@H]1C(N)=O. The van der Waals surface area contributed by atoms with E-state index in [0.29, 0.717) is 6.42 Å². The standard InChI is InChI=1S/C8H15FN2O3S/c1-2-3-15(13,14)11-5-6(9)4-7(11)8(10)12/h6-7H,2-5H2,1H3,(H2,10,12)/t6-,7+/m1/s1. The first kappa shape index (κ1) is 12.4. The van der Waals surface area contributed by atoms with Crippen LogP contribution in [-0.4, -0.2) is 43.1 Å². The van der Waals surface area contributed by atoms with Crippen LogP contribution in [0.1, 0.15) is 19.8 Å². The van der Waals surface area contributed by atoms with Gasteiger partial charge in [0.05, 0.1) is 5.75 Å². The van der Waals surface area contributed by atoms with E-state index in [1.54, 1.807) is 6.92 Å². The van der Waals surface area contributed by atoms with Crippen LogP contribution in [0.5, 0.6) is 0 Å². The average Bonchev–Trinajstić information content (AvgIpc) is 2.47. The maximum Gasteiger partial charge on any atom is 0.235 e. The normalized spacial score (nSPS) is 28.1. The molecule has 0 saturated carbocycles. The fourth-order valence-corrected chi connectivity index (χ4v) is 3.41. The number of hydrogen-bond acceptors (Lipinski definition) is 3. The quantitative estimate of drug-likeness (QED) is 0.725. The molecule has 0 aromatic rings. The number of carbonyl (C=O) groups excluding carboxylic acids is 1. The lowest BCUT2D eigenvalue weighted by Crippen LogP contribution is -2.44. The molecule has 1 fully saturated rings. The van der Waals surface area contributed by atoms with Crippen molar-refractivity contribution in [3.8, 4) is 0 Å². The van der Waals surface area contributed by atoms with E-state index < -0.39 is 28.1 Å². The third-order valence-corrected chi connectivity index (χ3v) is 4.39. The van der Waals surface area contributed by atoms with Crippen LogP contribution >= 0.6 is 0 Å². The number of carbonyl (C=O) groups is 1. The molecule has 0 radical (unpaired) electrons. The van der Waals surface area contributed by atoms with Crippen molar-refractivity contribution in [2.24, 2.45) is 5.73 Å². The largest absolute Gasteiger partial charge is 0.368 e. The van der Waals surface area contributed by atoms with Crippen LogP contribution in [0.2, 0.25) is 0 Å². The van der Waals surface area contributed by atoms with Gasteiger partial charge in [-0.2, -0.15) is 4.31 Å². The molecule has 0 aromatic carbocycles. The van der Waals surface area contributed by atoms with Gasteiger partial charge in [-0.1, -0.05) is 6.92 Å². The lowest BCUT2D eigenvalue weighted by molar-refractivity contribution is -0.121. The van der Waals surface area contributed by atoms with Gasteiger partial charge in [0.1, 0.15) is 12.2 Å². The molecule has 1 heterocycles. The summed E-state index contributed by atoms with van der Waals surface area (Å²) < 4.78 is 37.2. The summed E-state index contributed by atoms with van der Waals surface area (Å²) in [6.07, 6.45) is -0.992. The van der Waals surface area contributed by atoms with E-state index in [2.05, 4.69) is 0 Å². The summed E-state index contributed by atoms with van der Waals surface area (Å²) >= 11 is 0. The summed E-state index contributed by atoms with van der Waals surface area (Å²) in [5, 5.41) is 0. The first-order chi connectivity index (χ1) is 6.88. The molecule has 1 saturated heterocycles. The van der Waals surface area contributed by atoms with Crippen molar-refractivity contribution in [3.63, 3.8) is 0 Å². The van der Waals surface area contributed by atoms with Crippen LogP contribution in [0.3, 0.4) is 0 Å². The van der Waals surface area contributed by atoms with E-state index in [1.807, 2.05) is 0 Å². The van der Waals surface area contributed by atoms with Crippen molar-refractivity contribution < 1.29 is 17.6 Å². The molecule has 15 heavy (non-hydrogen) atoms. The van der Waals surface area contributed by atoms with Crippen molar-refractivity contribution in [1.29, 1.82) is 0 Å². The van der Waals surface area contributed by atoms with Gasteiger partial charge in [-0.15, -0.1) is 0 Å². The van der Waals surface area contributed by atoms with E-state index in [0.717, 1.165) is 4.31 Å². The number of sulfonamides is 1. The summed E-state index contributed by atoms with van der Waals surface area (Å²) in [6.45, 7) is 1.45. The molecular formula is C8H15FN2O3S. The van der Waals surface area contributed by atoms with Crippen LogP contribution in [0, 0.1) is 0 Å². The molecular weight excluding hydrogens is 223 g/mol. The molecule has 1 rings (SSSR count). The molecule has 1 amide bonds. The van der Waals surface area contributed by atoms with E-state index in [4.69, 9.17) is 5.73 Å². The molecule has 5 nitrogen and oxygen atoms in total. The third-order valence-electron chi connectivity index (χ3n) is 2.35. The average molecular weight is 238 g/mol. The second-order valence-electron chi connectivity index (χ2n) is 3.64. The summed E-state index contributed by atoms with van der Waals surface area (Å²) in [7, 11) is -3.54. The van der Waals surface area contributed by atoms with Crippen LogP contribution in [0.15, 0.2) is 0 Å². The number of primary amides is 1. The smallest absolute Gasteiger partial charge is 0.235 e. The van der Waals surface area contributed by atoms with Gasteiger partial charge in [-0.05, 0) is 6.42 Å². The molecule has 0 aliphatic carbocycles. The first-order valence-corrected chi connectivity index (χ1v) is 6.42. The highest BCUT2D eigenvalue weighted by atomic mass is 32.2. The topological polar surface area (TPSA) is 80.5 Å². The van der Waals surface area contributed by atoms with Crippen molar-refractivity contribution in [2.45, 2.75) is 32.0 Å². The van der Waals surface area contributed by atoms with Gasteiger partial charge in [0.2, 0.25) is 15.9 Å². The summed E-state index contributed by atoms with van der Waals surface area (Å²) in [6, 6.07) is -1.02. The van der Waals surface area contributed by atoms with Crippen LogP contribution in [0.4, 0.5) is 4.39 Å². The zero-order chi connectivity index (χ0) is 11.6. The molecule has 0 unspecified atom stereocenters. The highest BCUT2D eigenvalue weighted by Gasteiger charge is 2.42. The Balaban J connectivity index is 2.88. The molecule has 1 aliphatic rings. The predicted molar refractivity (Wildman–Crippen MR) is 53.3 cm³/mol. The van der Waals surface area contributed by atoms with Crippen LogP contribution in [-0.2, 0) is 14.8 Å². The molecule has 88 valence electrons. The van der Waals surface area contributed by atoms with Crippen molar-refractivity contribution in [1.82, 2.24) is 4.31 Å². The number of nitrogens with zero attached hydrogens (tertiary/aromatic N) is 1. The Bertz CT molecular complexity index is 344. The van der Waals surface area contributed by atoms with Gasteiger partial charge in [0, 0.05) is 13.0 Å². The Morgan fingerprint density at radius 1 is 1.60 bits per heavy atom. The van der Waals surface area contributed by atoms with Gasteiger partial charge in [-0.3, -0.25) is 4.79 Å². The fourth-order valence-electron chi connectivity index (χ4n) is 1.70. The number of rotatable bonds is 4. The zero-order valence-corrected chi connectivity index (χ0v) is 9.34. The van der Waals surface area contributed by atoms with Gasteiger partial charge < -0.3 is 5.73 Å². The van der Waals surface area contributed by atoms with Gasteiger partial charge in [0.25, 0.3) is 0 Å². The highest BCUT2D eigenvalue weighted by Crippen LogP contribution is 2.23. The lowest BCUT2D eigenvalue weighted by Gasteiger charge is -2.20. The maximum absolute atomic E-state index is 13.0. The molecule has 0 bridgehead atoms. The Morgan fingerprint density at radius 2 is 2.20 bits per heavy atom. The molecule has 1 aliphatic heterocycles. The summed E-state index contributed by atoms with van der Waals surface area (Å²) in [4.78, 5) is 11.0. The lowest BCUT2D eigenvalue weighted by atomic mass is 10.2. The monoisotopic (exact) mass is 238 g/mol. The number of nitrogens with two attached hydrogens (primary N) is 1. The molecule has 0 aromatic heterocycles. The van der Waals surface area contributed by atoms with E-state index >= 15 is 0 Å². The Labute approximate surface area is 88.5 Å². The fraction of sp³-hybridized carbons (Fsp3) is 0.875. The van der Waals surface area contributed by atoms with E-state index in [-0.39, 0.29) is 18.7 Å². The number of amides is 1. The van der Waals surface area contributed by atoms with Crippen molar-refractivity contribution >= 4 is 15.9 Å². The minimum absolute atomic E-state index is 0.0799. The van der Waals surface area contributed by atoms with Crippen LogP contribution in [0.25, 0.3) is 0 Å². The Kier molecular flexibility index (Phi) is 3.67. The van der Waals surface area contributed by atoms with Gasteiger partial charge >= 0.3 is 0 Å². The summed E-state index contributed by atoms with van der Waals surface area (Å²) in [5.74, 6) is -0.862. The summed E-state index contributed by atoms with van der Waals surface area (Å²) in [5.41, 5.74) is 5.03. The number of alkyl halides is 1. The zero-order valence-electron chi connectivity index (χ0n) is 8.52. The molecule has 0 spiro atoms. The molecule has 7 heteroatoms. The van der Waals surface area contributed by atoms with Gasteiger partial charge in [0.15, 0.2) is 0 Å². The van der Waals surface area contributed by atoms with Crippen LogP contribution < -0.4 is 5.73 Å². The van der Waals surface area contributed by atoms with E-state index in [9.17, 15) is 17.6 Å². The Morgan fingerprint density at radius 3 is 2.67 bits per heavy atom. The second-order valence-corrected chi connectivity index (χ2v) is 5.68. The number of hydrogen-bond donors (Lipinski definition) is 1. The van der Waals surface area contributed by atoms with E-state index in [1.165, 1.54) is 0 Å². The van der Waals surface area contributed by atoms with Crippen molar-refractivity contribution in [2.75, 3.05) is 12.3 Å². The van der Waals surface area contributed by atoms with Gasteiger partial charge in [-0.25, -0.2) is 12.8 Å². The molecule has 2 N–H and O–H groups in total. The number of halogens is 1. The Hall–Kier alpha value is -0.690. The molecule has 2 atom stereocenters. The minimum Gasteiger partial charge on any atom is -0.368 e. The second kappa shape index (κ2) is 4.44. The maximum atomic E-state index is 13.0. The first-order valence-electron chi connectivity index (χ1n) is 4.81. The third kappa shape index (κ3) is 2.66. The van der Waals surface area contributed by atoms with Crippen molar-refractivity contribution in [3.05, 3.63) is 0 Å². The predicted octanol–water partition coefficient (Wildman–Crippen LogP) is -0.376.